The normalized spacial score (nSPS) is 13.4. The number of aliphatic imine (C=N–C) groups is 1. The molecule has 5 nitrogen and oxygen atoms in total. The molecular weight excluding hydrogens is 230 g/mol. The van der Waals surface area contributed by atoms with Crippen molar-refractivity contribution < 1.29 is 9.84 Å². The Balaban J connectivity index is 2.44. The molecule has 100 valence electrons. The lowest BCUT2D eigenvalue weighted by molar-refractivity contribution is 0.199. The Hall–Kier alpha value is -1.59. The van der Waals surface area contributed by atoms with Crippen LogP contribution in [-0.4, -0.2) is 31.3 Å². The Morgan fingerprint density at radius 3 is 2.67 bits per heavy atom. The minimum atomic E-state index is -0.441. The molecule has 0 spiro atoms. The van der Waals surface area contributed by atoms with Gasteiger partial charge in [-0.2, -0.15) is 0 Å². The molecule has 1 rings (SSSR count). The van der Waals surface area contributed by atoms with Crippen LogP contribution < -0.4 is 11.1 Å². The Bertz CT molecular complexity index is 374. The Labute approximate surface area is 108 Å². The first-order valence-corrected chi connectivity index (χ1v) is 5.93. The summed E-state index contributed by atoms with van der Waals surface area (Å²) in [4.78, 5) is 4.21. The van der Waals surface area contributed by atoms with Crippen LogP contribution in [0.4, 0.5) is 0 Å². The molecular formula is C13H21N3O2. The van der Waals surface area contributed by atoms with Crippen molar-refractivity contribution in [3.63, 3.8) is 0 Å². The van der Waals surface area contributed by atoms with Gasteiger partial charge >= 0.3 is 0 Å². The van der Waals surface area contributed by atoms with E-state index in [0.717, 1.165) is 11.1 Å². The van der Waals surface area contributed by atoms with Gasteiger partial charge in [-0.1, -0.05) is 24.3 Å². The molecule has 0 aliphatic carbocycles. The average Bonchev–Trinajstić information content (AvgIpc) is 2.37. The van der Waals surface area contributed by atoms with Gasteiger partial charge in [-0.05, 0) is 18.1 Å². The third-order valence-corrected chi connectivity index (χ3v) is 2.51. The number of aliphatic hydroxyl groups excluding tert-OH is 1. The zero-order chi connectivity index (χ0) is 13.4. The Kier molecular flexibility index (Phi) is 6.18. The molecule has 0 aliphatic rings. The van der Waals surface area contributed by atoms with Crippen LogP contribution in [0.15, 0.2) is 29.3 Å². The van der Waals surface area contributed by atoms with Crippen molar-refractivity contribution in [3.8, 4) is 0 Å². The van der Waals surface area contributed by atoms with Crippen LogP contribution >= 0.6 is 0 Å². The van der Waals surface area contributed by atoms with Gasteiger partial charge in [0.1, 0.15) is 0 Å². The largest absolute Gasteiger partial charge is 0.389 e. The van der Waals surface area contributed by atoms with E-state index in [0.29, 0.717) is 25.7 Å². The average molecular weight is 251 g/mol. The molecule has 0 aromatic heterocycles. The second-order valence-corrected chi connectivity index (χ2v) is 4.04. The minimum absolute atomic E-state index is 0.409. The third-order valence-electron chi connectivity index (χ3n) is 2.51. The second kappa shape index (κ2) is 7.68. The number of benzene rings is 1. The van der Waals surface area contributed by atoms with Gasteiger partial charge in [0.2, 0.25) is 0 Å². The number of aliphatic hydroxyl groups is 1. The summed E-state index contributed by atoms with van der Waals surface area (Å²) < 4.78 is 4.89. The first kappa shape index (κ1) is 14.5. The first-order chi connectivity index (χ1) is 8.63. The highest BCUT2D eigenvalue weighted by atomic mass is 16.5. The summed E-state index contributed by atoms with van der Waals surface area (Å²) in [6.45, 7) is 3.50. The summed E-state index contributed by atoms with van der Waals surface area (Å²) >= 11 is 0. The molecule has 0 heterocycles. The molecule has 1 aromatic carbocycles. The van der Waals surface area contributed by atoms with Crippen LogP contribution in [0.2, 0.25) is 0 Å². The minimum Gasteiger partial charge on any atom is -0.389 e. The maximum absolute atomic E-state index is 9.38. The van der Waals surface area contributed by atoms with Gasteiger partial charge in [0.15, 0.2) is 5.96 Å². The van der Waals surface area contributed by atoms with Crippen molar-refractivity contribution in [2.45, 2.75) is 19.6 Å². The molecule has 0 saturated heterocycles. The number of ether oxygens (including phenoxy) is 1. The van der Waals surface area contributed by atoms with E-state index >= 15 is 0 Å². The summed E-state index contributed by atoms with van der Waals surface area (Å²) in [5.41, 5.74) is 7.63. The van der Waals surface area contributed by atoms with Crippen molar-refractivity contribution in [2.75, 3.05) is 20.3 Å². The van der Waals surface area contributed by atoms with Crippen LogP contribution in [0.1, 0.15) is 24.2 Å². The highest BCUT2D eigenvalue weighted by molar-refractivity contribution is 5.77. The summed E-state index contributed by atoms with van der Waals surface area (Å²) in [6, 6.07) is 7.66. The summed E-state index contributed by atoms with van der Waals surface area (Å²) in [6.07, 6.45) is -0.441. The van der Waals surface area contributed by atoms with E-state index in [9.17, 15) is 5.11 Å². The fraction of sp³-hybridized carbons (Fsp3) is 0.462. The van der Waals surface area contributed by atoms with Gasteiger partial charge < -0.3 is 20.9 Å². The van der Waals surface area contributed by atoms with Gasteiger partial charge in [-0.3, -0.25) is 0 Å². The highest BCUT2D eigenvalue weighted by Gasteiger charge is 1.99. The molecule has 0 radical (unpaired) electrons. The van der Waals surface area contributed by atoms with Crippen molar-refractivity contribution in [1.29, 1.82) is 0 Å². The summed E-state index contributed by atoms with van der Waals surface area (Å²) in [7, 11) is 1.64. The third kappa shape index (κ3) is 5.16. The number of methoxy groups -OCH3 is 1. The molecule has 0 aliphatic heterocycles. The lowest BCUT2D eigenvalue weighted by Gasteiger charge is -2.06. The summed E-state index contributed by atoms with van der Waals surface area (Å²) in [5.74, 6) is 0.409. The molecule has 0 fully saturated rings. The van der Waals surface area contributed by atoms with E-state index in [2.05, 4.69) is 10.3 Å². The number of hydrogen-bond donors (Lipinski definition) is 3. The predicted molar refractivity (Wildman–Crippen MR) is 72.3 cm³/mol. The number of nitrogens with two attached hydrogens (primary N) is 1. The van der Waals surface area contributed by atoms with Gasteiger partial charge in [-0.25, -0.2) is 4.99 Å². The molecule has 18 heavy (non-hydrogen) atoms. The van der Waals surface area contributed by atoms with Crippen molar-refractivity contribution in [3.05, 3.63) is 35.4 Å². The smallest absolute Gasteiger partial charge is 0.188 e. The van der Waals surface area contributed by atoms with Gasteiger partial charge in [-0.15, -0.1) is 0 Å². The summed E-state index contributed by atoms with van der Waals surface area (Å²) in [5, 5.41) is 12.3. The molecule has 0 amide bonds. The zero-order valence-corrected chi connectivity index (χ0v) is 10.9. The van der Waals surface area contributed by atoms with Crippen molar-refractivity contribution in [1.82, 2.24) is 5.32 Å². The van der Waals surface area contributed by atoms with Crippen LogP contribution in [0.25, 0.3) is 0 Å². The lowest BCUT2D eigenvalue weighted by Crippen LogP contribution is -2.34. The van der Waals surface area contributed by atoms with Gasteiger partial charge in [0.25, 0.3) is 0 Å². The predicted octanol–water partition coefficient (Wildman–Crippen LogP) is 0.791. The molecule has 0 bridgehead atoms. The SMILES string of the molecule is COCCNC(N)=NCc1ccc(C(C)O)cc1. The first-order valence-electron chi connectivity index (χ1n) is 5.93. The molecule has 0 saturated carbocycles. The van der Waals surface area contributed by atoms with Crippen LogP contribution in [-0.2, 0) is 11.3 Å². The number of hydrogen-bond acceptors (Lipinski definition) is 3. The van der Waals surface area contributed by atoms with Crippen molar-refractivity contribution in [2.24, 2.45) is 10.7 Å². The fourth-order valence-electron chi connectivity index (χ4n) is 1.42. The van der Waals surface area contributed by atoms with Crippen LogP contribution in [0, 0.1) is 0 Å². The standard InChI is InChI=1S/C13H21N3O2/c1-10(17)12-5-3-11(4-6-12)9-16-13(14)15-7-8-18-2/h3-6,10,17H,7-9H2,1-2H3,(H3,14,15,16). The molecule has 1 unspecified atom stereocenters. The Morgan fingerprint density at radius 2 is 2.11 bits per heavy atom. The Morgan fingerprint density at radius 1 is 1.44 bits per heavy atom. The maximum atomic E-state index is 9.38. The van der Waals surface area contributed by atoms with E-state index in [4.69, 9.17) is 10.5 Å². The highest BCUT2D eigenvalue weighted by Crippen LogP contribution is 2.12. The molecule has 1 atom stereocenters. The van der Waals surface area contributed by atoms with Gasteiger partial charge in [0.05, 0.1) is 19.3 Å². The second-order valence-electron chi connectivity index (χ2n) is 4.04. The van der Waals surface area contributed by atoms with E-state index < -0.39 is 6.10 Å². The van der Waals surface area contributed by atoms with E-state index in [1.54, 1.807) is 14.0 Å². The number of nitrogens with one attached hydrogen (secondary N) is 1. The molecule has 1 aromatic rings. The van der Waals surface area contributed by atoms with E-state index in [-0.39, 0.29) is 0 Å². The van der Waals surface area contributed by atoms with Crippen LogP contribution in [0.5, 0.6) is 0 Å². The topological polar surface area (TPSA) is 79.9 Å². The number of rotatable bonds is 6. The van der Waals surface area contributed by atoms with Gasteiger partial charge in [0, 0.05) is 13.7 Å². The van der Waals surface area contributed by atoms with E-state index in [1.165, 1.54) is 0 Å². The number of nitrogens with zero attached hydrogens (tertiary/aromatic N) is 1. The van der Waals surface area contributed by atoms with E-state index in [1.807, 2.05) is 24.3 Å². The quantitative estimate of drug-likeness (QED) is 0.397. The van der Waals surface area contributed by atoms with Crippen molar-refractivity contribution >= 4 is 5.96 Å². The zero-order valence-electron chi connectivity index (χ0n) is 10.9. The molecule has 5 heteroatoms. The fourth-order valence-corrected chi connectivity index (χ4v) is 1.42. The monoisotopic (exact) mass is 251 g/mol. The molecule has 4 N–H and O–H groups in total. The maximum Gasteiger partial charge on any atom is 0.188 e. The number of guanidine groups is 1. The van der Waals surface area contributed by atoms with Crippen LogP contribution in [0.3, 0.4) is 0 Å². The lowest BCUT2D eigenvalue weighted by atomic mass is 10.1.